The summed E-state index contributed by atoms with van der Waals surface area (Å²) in [6.07, 6.45) is 0.216. The van der Waals surface area contributed by atoms with E-state index in [0.29, 0.717) is 31.5 Å². The molecule has 4 N–H and O–H groups in total. The Morgan fingerprint density at radius 3 is 2.63 bits per heavy atom. The molecule has 1 aliphatic heterocycles. The summed E-state index contributed by atoms with van der Waals surface area (Å²) in [5.74, 6) is -1.29. The molecule has 12 heteroatoms. The third-order valence-electron chi connectivity index (χ3n) is 5.99. The Labute approximate surface area is 236 Å². The molecule has 194 valence electrons. The van der Waals surface area contributed by atoms with Crippen molar-refractivity contribution in [2.45, 2.75) is 24.9 Å². The van der Waals surface area contributed by atoms with E-state index in [0.717, 1.165) is 5.56 Å². The van der Waals surface area contributed by atoms with E-state index in [1.54, 1.807) is 54.6 Å². The second-order valence-electron chi connectivity index (χ2n) is 8.71. The summed E-state index contributed by atoms with van der Waals surface area (Å²) in [6, 6.07) is 16.4. The summed E-state index contributed by atoms with van der Waals surface area (Å²) in [5.41, 5.74) is 6.82. The van der Waals surface area contributed by atoms with E-state index in [1.165, 1.54) is 6.92 Å². The van der Waals surface area contributed by atoms with Crippen LogP contribution in [0.25, 0.3) is 0 Å². The number of carbonyl (C=O) groups excluding carboxylic acids is 3. The zero-order valence-corrected chi connectivity index (χ0v) is 23.1. The number of anilines is 2. The molecule has 0 radical (unpaired) electrons. The van der Waals surface area contributed by atoms with Gasteiger partial charge in [-0.15, -0.1) is 0 Å². The van der Waals surface area contributed by atoms with Crippen molar-refractivity contribution in [3.63, 3.8) is 0 Å². The minimum absolute atomic E-state index is 0.0974. The third kappa shape index (κ3) is 6.01. The van der Waals surface area contributed by atoms with Crippen LogP contribution in [0.5, 0.6) is 0 Å². The van der Waals surface area contributed by atoms with Gasteiger partial charge in [-0.1, -0.05) is 57.3 Å². The molecular weight excluding hydrogens is 595 g/mol. The van der Waals surface area contributed by atoms with Crippen LogP contribution < -0.4 is 21.3 Å². The largest absolute Gasteiger partial charge is 0.367 e. The molecule has 0 aromatic heterocycles. The number of rotatable bonds is 8. The standard InChI is InChI=1S/C26H21BrCl2N6O3/c1-14(36)21(30)13-31-35-34-24(37)19-7-5-16(27)10-22(19)33-26(12-15-3-2-4-17(28)9-15)20-8-6-18(29)11-23(20)32-25(26)38/h2-11,21H,12-13,30H2,1H3,(H-,32,33,37,38)/p+1. The van der Waals surface area contributed by atoms with Crippen LogP contribution in [0.15, 0.2) is 75.4 Å². The molecule has 0 fully saturated rings. The molecule has 2 amide bonds. The Morgan fingerprint density at radius 1 is 1.13 bits per heavy atom. The van der Waals surface area contributed by atoms with Gasteiger partial charge in [-0.25, -0.2) is 0 Å². The molecule has 1 aliphatic rings. The Bertz CT molecular complexity index is 1510. The first kappa shape index (κ1) is 27.6. The highest BCUT2D eigenvalue weighted by molar-refractivity contribution is 9.10. The van der Waals surface area contributed by atoms with E-state index in [1.807, 2.05) is 6.07 Å². The number of amides is 2. The maximum Gasteiger partial charge on any atom is 0.362 e. The lowest BCUT2D eigenvalue weighted by atomic mass is 9.84. The van der Waals surface area contributed by atoms with Gasteiger partial charge >= 0.3 is 5.91 Å². The highest BCUT2D eigenvalue weighted by atomic mass is 79.9. The SMILES string of the molecule is CC(=O)C(N)CN=[N+]=NC(=O)c1ccc(Br)cc1NC1(Cc2cccc(Cl)c2)C(=O)Nc2cc(Cl)ccc21. The fourth-order valence-electron chi connectivity index (χ4n) is 4.06. The molecule has 2 unspecified atom stereocenters. The first-order valence-electron chi connectivity index (χ1n) is 11.4. The van der Waals surface area contributed by atoms with Gasteiger partial charge in [-0.3, -0.25) is 14.4 Å². The maximum absolute atomic E-state index is 13.6. The maximum atomic E-state index is 13.6. The van der Waals surface area contributed by atoms with Gasteiger partial charge in [-0.2, -0.15) is 0 Å². The number of hydrogen-bond acceptors (Lipinski definition) is 6. The Kier molecular flexibility index (Phi) is 8.40. The number of ketones is 1. The van der Waals surface area contributed by atoms with Crippen molar-refractivity contribution in [3.05, 3.63) is 91.9 Å². The lowest BCUT2D eigenvalue weighted by Crippen LogP contribution is -2.44. The summed E-state index contributed by atoms with van der Waals surface area (Å²) in [4.78, 5) is 41.4. The van der Waals surface area contributed by atoms with Crippen LogP contribution in [0.3, 0.4) is 0 Å². The van der Waals surface area contributed by atoms with E-state index in [9.17, 15) is 14.4 Å². The van der Waals surface area contributed by atoms with Gasteiger partial charge in [0.25, 0.3) is 5.91 Å². The molecule has 9 nitrogen and oxygen atoms in total. The number of fused-ring (bicyclic) bond motifs is 1. The van der Waals surface area contributed by atoms with Crippen LogP contribution in [0.2, 0.25) is 10.0 Å². The molecule has 38 heavy (non-hydrogen) atoms. The summed E-state index contributed by atoms with van der Waals surface area (Å²) < 4.78 is 0.665. The number of benzene rings is 3. The van der Waals surface area contributed by atoms with Crippen LogP contribution in [0, 0.1) is 0 Å². The van der Waals surface area contributed by atoms with Gasteiger partial charge in [0, 0.05) is 37.9 Å². The van der Waals surface area contributed by atoms with Gasteiger partial charge in [-0.05, 0) is 55.0 Å². The zero-order chi connectivity index (χ0) is 27.4. The second kappa shape index (κ2) is 11.6. The Hall–Kier alpha value is -3.40. The minimum atomic E-state index is -1.31. The molecule has 1 heterocycles. The normalized spacial score (nSPS) is 16.6. The van der Waals surface area contributed by atoms with Crippen molar-refractivity contribution in [2.75, 3.05) is 17.2 Å². The van der Waals surface area contributed by atoms with Crippen LogP contribution in [-0.2, 0) is 21.5 Å². The average Bonchev–Trinajstić information content (AvgIpc) is 3.11. The molecule has 0 bridgehead atoms. The molecule has 3 aromatic carbocycles. The highest BCUT2D eigenvalue weighted by Gasteiger charge is 2.47. The number of halogens is 3. The topological polar surface area (TPSA) is 140 Å². The summed E-state index contributed by atoms with van der Waals surface area (Å²) in [7, 11) is 0. The number of nitrogens with one attached hydrogen (secondary N) is 2. The Morgan fingerprint density at radius 2 is 1.89 bits per heavy atom. The monoisotopic (exact) mass is 615 g/mol. The summed E-state index contributed by atoms with van der Waals surface area (Å²) >= 11 is 15.9. The van der Waals surface area contributed by atoms with Gasteiger partial charge in [0.15, 0.2) is 0 Å². The number of hydrogen-bond donors (Lipinski definition) is 3. The average molecular weight is 617 g/mol. The minimum Gasteiger partial charge on any atom is -0.367 e. The van der Waals surface area contributed by atoms with Crippen LogP contribution in [0.1, 0.15) is 28.4 Å². The molecule has 3 aromatic rings. The first-order valence-corrected chi connectivity index (χ1v) is 13.0. The number of nitrogens with two attached hydrogens (primary N) is 1. The molecule has 4 rings (SSSR count). The third-order valence-corrected chi connectivity index (χ3v) is 6.96. The van der Waals surface area contributed by atoms with Crippen molar-refractivity contribution < 1.29 is 14.4 Å². The van der Waals surface area contributed by atoms with Gasteiger partial charge in [0.05, 0.1) is 11.6 Å². The van der Waals surface area contributed by atoms with Crippen molar-refractivity contribution in [1.82, 2.24) is 4.91 Å². The first-order chi connectivity index (χ1) is 18.1. The van der Waals surface area contributed by atoms with Crippen LogP contribution in [0.4, 0.5) is 11.4 Å². The van der Waals surface area contributed by atoms with Crippen LogP contribution >= 0.6 is 39.1 Å². The predicted molar refractivity (Wildman–Crippen MR) is 150 cm³/mol. The number of Topliss-reactive ketones (excluding diaryl/α,β-unsaturated/α-hetero) is 1. The summed E-state index contributed by atoms with van der Waals surface area (Å²) in [6.45, 7) is 1.24. The number of nitrogens with zero attached hydrogens (tertiary/aromatic N) is 3. The van der Waals surface area contributed by atoms with Crippen molar-refractivity contribution in [1.29, 1.82) is 0 Å². The predicted octanol–water partition coefficient (Wildman–Crippen LogP) is 5.29. The van der Waals surface area contributed by atoms with Crippen molar-refractivity contribution >= 4 is 68.1 Å². The van der Waals surface area contributed by atoms with Crippen molar-refractivity contribution in [3.8, 4) is 0 Å². The molecular formula is C26H22BrCl2N6O3+. The van der Waals surface area contributed by atoms with Gasteiger partial charge < -0.3 is 16.4 Å². The molecule has 0 spiro atoms. The molecule has 0 saturated heterocycles. The molecule has 0 aliphatic carbocycles. The van der Waals surface area contributed by atoms with E-state index >= 15 is 0 Å². The lowest BCUT2D eigenvalue weighted by Gasteiger charge is -2.31. The molecule has 2 atom stereocenters. The quantitative estimate of drug-likeness (QED) is 0.233. The highest BCUT2D eigenvalue weighted by Crippen LogP contribution is 2.43. The zero-order valence-electron chi connectivity index (χ0n) is 20.0. The van der Waals surface area contributed by atoms with Crippen LogP contribution in [-0.4, -0.2) is 30.2 Å². The smallest absolute Gasteiger partial charge is 0.362 e. The fraction of sp³-hybridized carbons (Fsp3) is 0.192. The van der Waals surface area contributed by atoms with Gasteiger partial charge in [0.1, 0.15) is 23.0 Å². The van der Waals surface area contributed by atoms with E-state index in [4.69, 9.17) is 28.9 Å². The van der Waals surface area contributed by atoms with E-state index in [2.05, 4.69) is 41.7 Å². The van der Waals surface area contributed by atoms with E-state index in [-0.39, 0.29) is 30.2 Å². The second-order valence-corrected chi connectivity index (χ2v) is 10.5. The fourth-order valence-corrected chi connectivity index (χ4v) is 4.80. The Balaban J connectivity index is 1.76. The van der Waals surface area contributed by atoms with E-state index < -0.39 is 17.5 Å². The van der Waals surface area contributed by atoms with Gasteiger partial charge in [0.2, 0.25) is 10.0 Å². The lowest BCUT2D eigenvalue weighted by molar-refractivity contribution is -0.120. The summed E-state index contributed by atoms with van der Waals surface area (Å²) in [5, 5.41) is 14.6. The van der Waals surface area contributed by atoms with Crippen molar-refractivity contribution in [2.24, 2.45) is 16.0 Å². The number of carbonyl (C=O) groups is 3. The molecule has 0 saturated carbocycles.